The zero-order valence-corrected chi connectivity index (χ0v) is 13.5. The van der Waals surface area contributed by atoms with Crippen molar-refractivity contribution in [3.63, 3.8) is 0 Å². The second kappa shape index (κ2) is 5.77. The largest absolute Gasteiger partial charge is 0.365 e. The van der Waals surface area contributed by atoms with Gasteiger partial charge < -0.3 is 10.2 Å². The van der Waals surface area contributed by atoms with Crippen LogP contribution in [0.4, 0.5) is 11.6 Å². The summed E-state index contributed by atoms with van der Waals surface area (Å²) >= 11 is 0. The predicted molar refractivity (Wildman–Crippen MR) is 95.1 cm³/mol. The molecule has 120 valence electrons. The number of rotatable bonds is 4. The van der Waals surface area contributed by atoms with Crippen LogP contribution in [0.5, 0.6) is 0 Å². The van der Waals surface area contributed by atoms with E-state index in [1.54, 1.807) is 6.20 Å². The summed E-state index contributed by atoms with van der Waals surface area (Å²) in [6.45, 7) is 0.640. The van der Waals surface area contributed by atoms with E-state index in [4.69, 9.17) is 0 Å². The summed E-state index contributed by atoms with van der Waals surface area (Å²) in [6.07, 6.45) is 3.26. The molecule has 4 rings (SSSR count). The van der Waals surface area contributed by atoms with Crippen molar-refractivity contribution in [2.45, 2.75) is 6.54 Å². The third kappa shape index (κ3) is 2.50. The Bertz CT molecular complexity index is 1010. The van der Waals surface area contributed by atoms with Gasteiger partial charge >= 0.3 is 0 Å². The van der Waals surface area contributed by atoms with E-state index >= 15 is 0 Å². The first-order chi connectivity index (χ1) is 11.7. The summed E-state index contributed by atoms with van der Waals surface area (Å²) in [7, 11) is 3.99. The van der Waals surface area contributed by atoms with Gasteiger partial charge in [0.05, 0.1) is 17.1 Å². The summed E-state index contributed by atoms with van der Waals surface area (Å²) in [6, 6.07) is 10.3. The van der Waals surface area contributed by atoms with Gasteiger partial charge in [0.15, 0.2) is 5.65 Å². The molecule has 0 bridgehead atoms. The Kier molecular flexibility index (Phi) is 3.45. The van der Waals surface area contributed by atoms with Gasteiger partial charge in [0.25, 0.3) is 0 Å². The minimum absolute atomic E-state index is 0.640. The maximum Gasteiger partial charge on any atom is 0.160 e. The number of anilines is 2. The van der Waals surface area contributed by atoms with Crippen LogP contribution in [-0.2, 0) is 6.54 Å². The van der Waals surface area contributed by atoms with Crippen molar-refractivity contribution in [3.8, 4) is 0 Å². The van der Waals surface area contributed by atoms with E-state index in [1.807, 2.05) is 37.2 Å². The summed E-state index contributed by atoms with van der Waals surface area (Å²) in [4.78, 5) is 15.2. The van der Waals surface area contributed by atoms with Crippen molar-refractivity contribution in [1.82, 2.24) is 25.1 Å². The van der Waals surface area contributed by atoms with Crippen LogP contribution in [0.15, 0.2) is 42.9 Å². The van der Waals surface area contributed by atoms with Crippen LogP contribution >= 0.6 is 0 Å². The minimum atomic E-state index is 0.640. The average Bonchev–Trinajstić information content (AvgIpc) is 3.08. The monoisotopic (exact) mass is 319 g/mol. The highest BCUT2D eigenvalue weighted by molar-refractivity contribution is 5.87. The van der Waals surface area contributed by atoms with Gasteiger partial charge in [-0.15, -0.1) is 0 Å². The molecule has 0 aliphatic rings. The number of fused-ring (bicyclic) bond motifs is 2. The van der Waals surface area contributed by atoms with Crippen molar-refractivity contribution >= 4 is 33.6 Å². The van der Waals surface area contributed by atoms with Crippen LogP contribution in [-0.4, -0.2) is 39.2 Å². The van der Waals surface area contributed by atoms with Crippen molar-refractivity contribution in [2.75, 3.05) is 24.3 Å². The molecule has 0 spiro atoms. The van der Waals surface area contributed by atoms with Gasteiger partial charge in [0.1, 0.15) is 18.0 Å². The number of hydrogen-bond donors (Lipinski definition) is 2. The average molecular weight is 319 g/mol. The van der Waals surface area contributed by atoms with E-state index < -0.39 is 0 Å². The van der Waals surface area contributed by atoms with Crippen LogP contribution in [0.1, 0.15) is 5.56 Å². The maximum absolute atomic E-state index is 4.69. The predicted octanol–water partition coefficient (Wildman–Crippen LogP) is 2.58. The molecule has 0 unspecified atom stereocenters. The SMILES string of the molecule is CN(C)c1cc(CNc2ncnc3[nH]ncc23)c2ccccc2n1. The zero-order valence-electron chi connectivity index (χ0n) is 13.5. The first-order valence-corrected chi connectivity index (χ1v) is 7.66. The second-order valence-corrected chi connectivity index (χ2v) is 5.76. The fourth-order valence-corrected chi connectivity index (χ4v) is 2.69. The number of nitrogens with one attached hydrogen (secondary N) is 2. The number of hydrogen-bond acceptors (Lipinski definition) is 6. The lowest BCUT2D eigenvalue weighted by Gasteiger charge is -2.15. The molecule has 7 heteroatoms. The molecular formula is C17H17N7. The molecule has 0 amide bonds. The van der Waals surface area contributed by atoms with Crippen LogP contribution in [0.25, 0.3) is 21.9 Å². The standard InChI is InChI=1S/C17H17N7/c1-24(2)15-7-11(12-5-3-4-6-14(12)22-15)8-18-16-13-9-21-23-17(13)20-10-19-16/h3-7,9-10H,8H2,1-2H3,(H2,18,19,20,21,23). The third-order valence-corrected chi connectivity index (χ3v) is 3.94. The molecule has 1 aromatic carbocycles. The molecule has 0 radical (unpaired) electrons. The number of pyridine rings is 1. The van der Waals surface area contributed by atoms with Crippen LogP contribution in [0, 0.1) is 0 Å². The van der Waals surface area contributed by atoms with E-state index in [0.29, 0.717) is 6.54 Å². The van der Waals surface area contributed by atoms with Crippen LogP contribution < -0.4 is 10.2 Å². The lowest BCUT2D eigenvalue weighted by Crippen LogP contribution is -2.12. The summed E-state index contributed by atoms with van der Waals surface area (Å²) in [5.41, 5.74) is 2.87. The first kappa shape index (κ1) is 14.4. The van der Waals surface area contributed by atoms with E-state index in [1.165, 1.54) is 11.9 Å². The van der Waals surface area contributed by atoms with Gasteiger partial charge in [0.2, 0.25) is 0 Å². The van der Waals surface area contributed by atoms with Crippen molar-refractivity contribution in [3.05, 3.63) is 48.4 Å². The molecule has 3 heterocycles. The Balaban J connectivity index is 1.72. The highest BCUT2D eigenvalue weighted by Crippen LogP contribution is 2.24. The molecular weight excluding hydrogens is 302 g/mol. The van der Waals surface area contributed by atoms with Gasteiger partial charge in [-0.25, -0.2) is 15.0 Å². The van der Waals surface area contributed by atoms with Crippen LogP contribution in [0.3, 0.4) is 0 Å². The summed E-state index contributed by atoms with van der Waals surface area (Å²) in [5, 5.41) is 12.3. The first-order valence-electron chi connectivity index (χ1n) is 7.66. The van der Waals surface area contributed by atoms with E-state index in [2.05, 4.69) is 42.6 Å². The number of H-pyrrole nitrogens is 1. The highest BCUT2D eigenvalue weighted by Gasteiger charge is 2.09. The Morgan fingerprint density at radius 1 is 1.12 bits per heavy atom. The van der Waals surface area contributed by atoms with Gasteiger partial charge in [-0.2, -0.15) is 5.10 Å². The fourth-order valence-electron chi connectivity index (χ4n) is 2.69. The number of para-hydroxylation sites is 1. The Hall–Kier alpha value is -3.22. The Morgan fingerprint density at radius 2 is 2.00 bits per heavy atom. The molecule has 3 aromatic heterocycles. The molecule has 2 N–H and O–H groups in total. The van der Waals surface area contributed by atoms with E-state index in [9.17, 15) is 0 Å². The molecule has 24 heavy (non-hydrogen) atoms. The van der Waals surface area contributed by atoms with Gasteiger partial charge in [-0.3, -0.25) is 5.10 Å². The summed E-state index contributed by atoms with van der Waals surface area (Å²) in [5.74, 6) is 1.70. The number of aromatic amines is 1. The van der Waals surface area contributed by atoms with Gasteiger partial charge in [0, 0.05) is 26.0 Å². The molecule has 0 atom stereocenters. The van der Waals surface area contributed by atoms with Crippen LogP contribution in [0.2, 0.25) is 0 Å². The summed E-state index contributed by atoms with van der Waals surface area (Å²) < 4.78 is 0. The lowest BCUT2D eigenvalue weighted by molar-refractivity contribution is 1.06. The van der Waals surface area contributed by atoms with Gasteiger partial charge in [-0.05, 0) is 17.7 Å². The molecule has 0 saturated heterocycles. The Morgan fingerprint density at radius 3 is 2.88 bits per heavy atom. The quantitative estimate of drug-likeness (QED) is 0.601. The number of benzene rings is 1. The van der Waals surface area contributed by atoms with E-state index in [-0.39, 0.29) is 0 Å². The topological polar surface area (TPSA) is 82.6 Å². The maximum atomic E-state index is 4.69. The molecule has 0 aliphatic carbocycles. The smallest absolute Gasteiger partial charge is 0.160 e. The third-order valence-electron chi connectivity index (χ3n) is 3.94. The second-order valence-electron chi connectivity index (χ2n) is 5.76. The fraction of sp³-hybridized carbons (Fsp3) is 0.176. The highest BCUT2D eigenvalue weighted by atomic mass is 15.2. The van der Waals surface area contributed by atoms with E-state index in [0.717, 1.165) is 33.6 Å². The molecule has 4 aromatic rings. The molecule has 7 nitrogen and oxygen atoms in total. The Labute approximate surface area is 138 Å². The van der Waals surface area contributed by atoms with Crippen molar-refractivity contribution in [1.29, 1.82) is 0 Å². The van der Waals surface area contributed by atoms with Crippen molar-refractivity contribution < 1.29 is 0 Å². The molecule has 0 fully saturated rings. The zero-order chi connectivity index (χ0) is 16.5. The minimum Gasteiger partial charge on any atom is -0.365 e. The molecule has 0 aliphatic heterocycles. The van der Waals surface area contributed by atoms with Crippen molar-refractivity contribution in [2.24, 2.45) is 0 Å². The normalized spacial score (nSPS) is 11.1. The lowest BCUT2D eigenvalue weighted by atomic mass is 10.1. The van der Waals surface area contributed by atoms with Gasteiger partial charge in [-0.1, -0.05) is 18.2 Å². The number of aromatic nitrogens is 5. The molecule has 0 saturated carbocycles. The number of nitrogens with zero attached hydrogens (tertiary/aromatic N) is 5.